The van der Waals surface area contributed by atoms with Gasteiger partial charge in [-0.1, -0.05) is 20.8 Å². The second-order valence-electron chi connectivity index (χ2n) is 4.64. The molecule has 0 fully saturated rings. The van der Waals surface area contributed by atoms with Crippen LogP contribution >= 0.6 is 0 Å². The minimum Gasteiger partial charge on any atom is -0.348 e. The van der Waals surface area contributed by atoms with Crippen molar-refractivity contribution >= 4 is 0 Å². The standard InChI is InChI=1S/C10H19N3/c1-8-9(13-7-12-8)5-11-6-10(2,3)4/h7,11H,5-6H2,1-4H3,(H,12,13). The summed E-state index contributed by atoms with van der Waals surface area (Å²) in [5.41, 5.74) is 2.61. The fraction of sp³-hybridized carbons (Fsp3) is 0.700. The molecule has 0 bridgehead atoms. The van der Waals surface area contributed by atoms with E-state index in [1.807, 2.05) is 6.92 Å². The molecule has 13 heavy (non-hydrogen) atoms. The lowest BCUT2D eigenvalue weighted by Gasteiger charge is -2.18. The van der Waals surface area contributed by atoms with E-state index in [1.54, 1.807) is 6.33 Å². The highest BCUT2D eigenvalue weighted by Crippen LogP contribution is 2.10. The van der Waals surface area contributed by atoms with Gasteiger partial charge in [-0.2, -0.15) is 0 Å². The van der Waals surface area contributed by atoms with Gasteiger partial charge in [0, 0.05) is 18.8 Å². The van der Waals surface area contributed by atoms with E-state index in [-0.39, 0.29) is 0 Å². The van der Waals surface area contributed by atoms with E-state index in [9.17, 15) is 0 Å². The van der Waals surface area contributed by atoms with Crippen LogP contribution in [0.2, 0.25) is 0 Å². The summed E-state index contributed by atoms with van der Waals surface area (Å²) in [5.74, 6) is 0. The lowest BCUT2D eigenvalue weighted by Crippen LogP contribution is -2.26. The molecule has 0 radical (unpaired) electrons. The number of aromatic amines is 1. The molecule has 3 heteroatoms. The van der Waals surface area contributed by atoms with Crippen molar-refractivity contribution in [3.63, 3.8) is 0 Å². The number of imidazole rings is 1. The highest BCUT2D eigenvalue weighted by atomic mass is 14.9. The van der Waals surface area contributed by atoms with E-state index in [2.05, 4.69) is 36.1 Å². The summed E-state index contributed by atoms with van der Waals surface area (Å²) in [6.07, 6.45) is 1.74. The van der Waals surface area contributed by atoms with Crippen molar-refractivity contribution in [2.45, 2.75) is 34.2 Å². The molecule has 0 amide bonds. The van der Waals surface area contributed by atoms with Crippen LogP contribution < -0.4 is 5.32 Å². The van der Waals surface area contributed by atoms with Crippen LogP contribution in [0.5, 0.6) is 0 Å². The Balaban J connectivity index is 2.32. The van der Waals surface area contributed by atoms with E-state index in [1.165, 1.54) is 0 Å². The van der Waals surface area contributed by atoms with Crippen LogP contribution in [0.1, 0.15) is 32.2 Å². The third-order valence-corrected chi connectivity index (χ3v) is 1.88. The fourth-order valence-electron chi connectivity index (χ4n) is 1.12. The van der Waals surface area contributed by atoms with Crippen LogP contribution in [0.3, 0.4) is 0 Å². The van der Waals surface area contributed by atoms with Gasteiger partial charge in [0.2, 0.25) is 0 Å². The summed E-state index contributed by atoms with van der Waals surface area (Å²) in [4.78, 5) is 7.28. The van der Waals surface area contributed by atoms with Crippen LogP contribution in [0.4, 0.5) is 0 Å². The second kappa shape index (κ2) is 3.92. The van der Waals surface area contributed by atoms with Gasteiger partial charge in [-0.15, -0.1) is 0 Å². The number of aryl methyl sites for hydroxylation is 1. The van der Waals surface area contributed by atoms with E-state index in [0.717, 1.165) is 24.5 Å². The maximum absolute atomic E-state index is 4.22. The Kier molecular flexibility index (Phi) is 3.09. The van der Waals surface area contributed by atoms with E-state index in [4.69, 9.17) is 0 Å². The van der Waals surface area contributed by atoms with Crippen molar-refractivity contribution in [1.82, 2.24) is 15.3 Å². The smallest absolute Gasteiger partial charge is 0.0925 e. The normalized spacial score (nSPS) is 12.0. The van der Waals surface area contributed by atoms with Gasteiger partial charge < -0.3 is 10.3 Å². The molecule has 1 heterocycles. The molecule has 3 nitrogen and oxygen atoms in total. The van der Waals surface area contributed by atoms with Crippen LogP contribution in [0.25, 0.3) is 0 Å². The first-order valence-electron chi connectivity index (χ1n) is 4.68. The first-order valence-corrected chi connectivity index (χ1v) is 4.68. The number of rotatable bonds is 3. The van der Waals surface area contributed by atoms with Gasteiger partial charge >= 0.3 is 0 Å². The summed E-state index contributed by atoms with van der Waals surface area (Å²) in [7, 11) is 0. The molecule has 0 unspecified atom stereocenters. The molecule has 0 aliphatic heterocycles. The largest absolute Gasteiger partial charge is 0.348 e. The molecule has 0 aliphatic rings. The predicted molar refractivity (Wildman–Crippen MR) is 54.5 cm³/mol. The molecule has 0 spiro atoms. The topological polar surface area (TPSA) is 40.7 Å². The quantitative estimate of drug-likeness (QED) is 0.747. The number of hydrogen-bond donors (Lipinski definition) is 2. The van der Waals surface area contributed by atoms with Crippen molar-refractivity contribution in [2.24, 2.45) is 5.41 Å². The monoisotopic (exact) mass is 181 g/mol. The van der Waals surface area contributed by atoms with Gasteiger partial charge in [-0.3, -0.25) is 0 Å². The summed E-state index contributed by atoms with van der Waals surface area (Å²) >= 11 is 0. The SMILES string of the molecule is Cc1[nH]cnc1CNCC(C)(C)C. The molecule has 0 atom stereocenters. The minimum absolute atomic E-state index is 0.338. The van der Waals surface area contributed by atoms with Gasteiger partial charge in [0.15, 0.2) is 0 Å². The minimum atomic E-state index is 0.338. The van der Waals surface area contributed by atoms with Gasteiger partial charge in [-0.25, -0.2) is 4.98 Å². The number of hydrogen-bond acceptors (Lipinski definition) is 2. The summed E-state index contributed by atoms with van der Waals surface area (Å²) < 4.78 is 0. The molecular formula is C10H19N3. The lowest BCUT2D eigenvalue weighted by molar-refractivity contribution is 0.378. The van der Waals surface area contributed by atoms with Crippen molar-refractivity contribution in [3.8, 4) is 0 Å². The molecule has 1 aromatic rings. The highest BCUT2D eigenvalue weighted by molar-refractivity contribution is 5.07. The molecule has 0 saturated heterocycles. The summed E-state index contributed by atoms with van der Waals surface area (Å²) in [6.45, 7) is 10.6. The number of H-pyrrole nitrogens is 1. The zero-order valence-corrected chi connectivity index (χ0v) is 8.94. The molecule has 1 rings (SSSR count). The molecule has 74 valence electrons. The summed E-state index contributed by atoms with van der Waals surface area (Å²) in [6, 6.07) is 0. The maximum Gasteiger partial charge on any atom is 0.0925 e. The average molecular weight is 181 g/mol. The van der Waals surface area contributed by atoms with Crippen molar-refractivity contribution in [2.75, 3.05) is 6.54 Å². The number of nitrogens with one attached hydrogen (secondary N) is 2. The highest BCUT2D eigenvalue weighted by Gasteiger charge is 2.09. The van der Waals surface area contributed by atoms with Crippen LogP contribution in [-0.4, -0.2) is 16.5 Å². The second-order valence-corrected chi connectivity index (χ2v) is 4.64. The van der Waals surface area contributed by atoms with Crippen molar-refractivity contribution < 1.29 is 0 Å². The van der Waals surface area contributed by atoms with Crippen LogP contribution in [-0.2, 0) is 6.54 Å². The number of nitrogens with zero attached hydrogens (tertiary/aromatic N) is 1. The Labute approximate surface area is 80.0 Å². The molecule has 0 saturated carbocycles. The fourth-order valence-corrected chi connectivity index (χ4v) is 1.12. The van der Waals surface area contributed by atoms with Gasteiger partial charge in [0.05, 0.1) is 12.0 Å². The Morgan fingerprint density at radius 3 is 2.62 bits per heavy atom. The first-order chi connectivity index (χ1) is 5.99. The van der Waals surface area contributed by atoms with Crippen molar-refractivity contribution in [1.29, 1.82) is 0 Å². The Hall–Kier alpha value is -0.830. The Morgan fingerprint density at radius 1 is 1.46 bits per heavy atom. The molecule has 2 N–H and O–H groups in total. The third-order valence-electron chi connectivity index (χ3n) is 1.88. The molecular weight excluding hydrogens is 162 g/mol. The number of aromatic nitrogens is 2. The zero-order chi connectivity index (χ0) is 9.90. The molecule has 0 aromatic carbocycles. The Morgan fingerprint density at radius 2 is 2.15 bits per heavy atom. The lowest BCUT2D eigenvalue weighted by atomic mass is 9.97. The molecule has 0 aliphatic carbocycles. The van der Waals surface area contributed by atoms with Gasteiger partial charge in [-0.05, 0) is 12.3 Å². The third kappa shape index (κ3) is 3.59. The van der Waals surface area contributed by atoms with Crippen LogP contribution in [0, 0.1) is 12.3 Å². The first kappa shape index (κ1) is 10.3. The van der Waals surface area contributed by atoms with E-state index in [0.29, 0.717) is 5.41 Å². The Bertz CT molecular complexity index is 257. The maximum atomic E-state index is 4.22. The van der Waals surface area contributed by atoms with Crippen LogP contribution in [0.15, 0.2) is 6.33 Å². The van der Waals surface area contributed by atoms with Gasteiger partial charge in [0.25, 0.3) is 0 Å². The van der Waals surface area contributed by atoms with E-state index >= 15 is 0 Å². The van der Waals surface area contributed by atoms with E-state index < -0.39 is 0 Å². The average Bonchev–Trinajstić information content (AvgIpc) is 2.34. The van der Waals surface area contributed by atoms with Gasteiger partial charge in [0.1, 0.15) is 0 Å². The van der Waals surface area contributed by atoms with Crippen molar-refractivity contribution in [3.05, 3.63) is 17.7 Å². The predicted octanol–water partition coefficient (Wildman–Crippen LogP) is 1.85. The summed E-state index contributed by atoms with van der Waals surface area (Å²) in [5, 5.41) is 3.39. The zero-order valence-electron chi connectivity index (χ0n) is 8.94. The molecule has 1 aromatic heterocycles.